The van der Waals surface area contributed by atoms with Crippen molar-refractivity contribution in [3.63, 3.8) is 0 Å². The van der Waals surface area contributed by atoms with E-state index >= 15 is 0 Å². The Morgan fingerprint density at radius 2 is 1.81 bits per heavy atom. The van der Waals surface area contributed by atoms with E-state index in [0.29, 0.717) is 18.2 Å². The van der Waals surface area contributed by atoms with E-state index in [-0.39, 0.29) is 23.8 Å². The largest absolute Gasteiger partial charge is 0.356 e. The Balaban J connectivity index is 1.46. The molecule has 3 aliphatic heterocycles. The van der Waals surface area contributed by atoms with Crippen molar-refractivity contribution in [2.75, 3.05) is 11.9 Å². The van der Waals surface area contributed by atoms with Crippen molar-refractivity contribution in [3.05, 3.63) is 42.2 Å². The number of ether oxygens (including phenoxy) is 1. The summed E-state index contributed by atoms with van der Waals surface area (Å²) in [6.45, 7) is 6.39. The predicted molar refractivity (Wildman–Crippen MR) is 133 cm³/mol. The fourth-order valence-corrected chi connectivity index (χ4v) is 6.55. The highest BCUT2D eigenvalue weighted by Gasteiger charge is 2.76. The van der Waals surface area contributed by atoms with Crippen LogP contribution in [0, 0.1) is 23.6 Å². The van der Waals surface area contributed by atoms with Gasteiger partial charge in [0.25, 0.3) is 0 Å². The molecule has 1 aliphatic carbocycles. The fraction of sp³-hybridized carbons (Fsp3) is 0.607. The van der Waals surface area contributed by atoms with Crippen molar-refractivity contribution in [3.8, 4) is 0 Å². The maximum absolute atomic E-state index is 13.9. The van der Waals surface area contributed by atoms with Crippen molar-refractivity contribution in [2.24, 2.45) is 17.8 Å². The summed E-state index contributed by atoms with van der Waals surface area (Å²) >= 11 is 0. The normalized spacial score (nSPS) is 33.3. The number of anilines is 1. The van der Waals surface area contributed by atoms with Crippen LogP contribution in [-0.4, -0.2) is 52.5 Å². The summed E-state index contributed by atoms with van der Waals surface area (Å²) < 4.78 is 19.9. The van der Waals surface area contributed by atoms with Gasteiger partial charge in [-0.15, -0.1) is 0 Å². The first kappa shape index (κ1) is 24.9. The first-order valence-corrected chi connectivity index (χ1v) is 13.2. The molecule has 1 aromatic rings. The van der Waals surface area contributed by atoms with Crippen LogP contribution >= 0.6 is 0 Å². The summed E-state index contributed by atoms with van der Waals surface area (Å²) in [5.41, 5.74) is -1.76. The topological polar surface area (TPSA) is 87.7 Å². The molecule has 0 radical (unpaired) electrons. The van der Waals surface area contributed by atoms with Crippen molar-refractivity contribution in [1.82, 2.24) is 10.2 Å². The maximum atomic E-state index is 13.9. The number of rotatable bonds is 7. The van der Waals surface area contributed by atoms with Crippen LogP contribution in [0.5, 0.6) is 0 Å². The van der Waals surface area contributed by atoms with Gasteiger partial charge in [-0.1, -0.05) is 45.3 Å². The SMILES string of the molecule is CC(C)CCN1C(=O)C2C(C(=O)Nc3ccc(F)cc3)C3(C)C=CC2(O3)C1C(=O)NC1CCCCC1. The number of fused-ring (bicyclic) bond motifs is 1. The van der Waals surface area contributed by atoms with Gasteiger partial charge in [0.1, 0.15) is 17.5 Å². The molecule has 2 bridgehead atoms. The van der Waals surface area contributed by atoms with Gasteiger partial charge in [0, 0.05) is 18.3 Å². The lowest BCUT2D eigenvalue weighted by Gasteiger charge is -2.35. The van der Waals surface area contributed by atoms with Gasteiger partial charge >= 0.3 is 0 Å². The minimum absolute atomic E-state index is 0.0968. The molecule has 36 heavy (non-hydrogen) atoms. The Morgan fingerprint density at radius 1 is 1.11 bits per heavy atom. The van der Waals surface area contributed by atoms with Crippen molar-refractivity contribution >= 4 is 23.4 Å². The molecule has 1 aromatic carbocycles. The number of hydrogen-bond acceptors (Lipinski definition) is 4. The van der Waals surface area contributed by atoms with E-state index in [9.17, 15) is 18.8 Å². The van der Waals surface area contributed by atoms with Gasteiger partial charge in [0.2, 0.25) is 17.7 Å². The molecule has 5 rings (SSSR count). The van der Waals surface area contributed by atoms with E-state index in [1.807, 2.05) is 12.2 Å². The molecule has 3 amide bonds. The molecule has 3 fully saturated rings. The Kier molecular flexibility index (Phi) is 6.43. The highest BCUT2D eigenvalue weighted by Crippen LogP contribution is 2.59. The van der Waals surface area contributed by atoms with E-state index in [1.54, 1.807) is 11.8 Å². The third kappa shape index (κ3) is 4.13. The number of benzene rings is 1. The van der Waals surface area contributed by atoms with Gasteiger partial charge in [-0.3, -0.25) is 14.4 Å². The summed E-state index contributed by atoms with van der Waals surface area (Å²) in [4.78, 5) is 42.9. The number of hydrogen-bond donors (Lipinski definition) is 2. The number of nitrogens with one attached hydrogen (secondary N) is 2. The zero-order valence-electron chi connectivity index (χ0n) is 21.3. The smallest absolute Gasteiger partial charge is 0.246 e. The first-order chi connectivity index (χ1) is 17.1. The molecule has 8 heteroatoms. The van der Waals surface area contributed by atoms with Crippen molar-refractivity contribution < 1.29 is 23.5 Å². The van der Waals surface area contributed by atoms with Gasteiger partial charge in [-0.25, -0.2) is 4.39 Å². The standard InChI is InChI=1S/C28H36FN3O4/c1-17(2)13-16-32-23(25(34)31-19-7-5-4-6-8-19)28-15-14-27(3,36-28)21(22(28)26(32)35)24(33)30-20-11-9-18(29)10-12-20/h9-12,14-15,17,19,21-23H,4-8,13,16H2,1-3H3,(H,30,33)(H,31,34). The quantitative estimate of drug-likeness (QED) is 0.561. The van der Waals surface area contributed by atoms with Crippen LogP contribution in [0.4, 0.5) is 10.1 Å². The fourth-order valence-electron chi connectivity index (χ4n) is 6.55. The molecule has 5 unspecified atom stereocenters. The van der Waals surface area contributed by atoms with E-state index < -0.39 is 34.9 Å². The summed E-state index contributed by atoms with van der Waals surface area (Å²) in [5, 5.41) is 6.04. The zero-order chi connectivity index (χ0) is 25.7. The number of carbonyl (C=O) groups excluding carboxylic acids is 3. The van der Waals surface area contributed by atoms with Gasteiger partial charge in [0.15, 0.2) is 0 Å². The average Bonchev–Trinajstić information content (AvgIpc) is 3.40. The van der Waals surface area contributed by atoms with Gasteiger partial charge in [0.05, 0.1) is 17.4 Å². The molecule has 0 aromatic heterocycles. The van der Waals surface area contributed by atoms with E-state index in [2.05, 4.69) is 24.5 Å². The summed E-state index contributed by atoms with van der Waals surface area (Å²) in [6.07, 6.45) is 9.64. The second-order valence-electron chi connectivity index (χ2n) is 11.4. The molecule has 5 atom stereocenters. The summed E-state index contributed by atoms with van der Waals surface area (Å²) in [7, 11) is 0. The molecule has 4 aliphatic rings. The lowest BCUT2D eigenvalue weighted by atomic mass is 9.70. The molecular weight excluding hydrogens is 461 g/mol. The summed E-state index contributed by atoms with van der Waals surface area (Å²) in [6, 6.07) is 4.80. The average molecular weight is 498 g/mol. The predicted octanol–water partition coefficient (Wildman–Crippen LogP) is 3.80. The number of halogens is 1. The third-order valence-corrected chi connectivity index (χ3v) is 8.34. The second kappa shape index (κ2) is 9.29. The minimum atomic E-state index is -1.19. The Labute approximate surface area is 211 Å². The maximum Gasteiger partial charge on any atom is 0.246 e. The van der Waals surface area contributed by atoms with Crippen LogP contribution in [0.25, 0.3) is 0 Å². The van der Waals surface area contributed by atoms with Gasteiger partial charge in [-0.2, -0.15) is 0 Å². The molecule has 1 saturated carbocycles. The van der Waals surface area contributed by atoms with Crippen molar-refractivity contribution in [2.45, 2.75) is 82.6 Å². The summed E-state index contributed by atoms with van der Waals surface area (Å²) in [5.74, 6) is -2.45. The Morgan fingerprint density at radius 3 is 2.47 bits per heavy atom. The zero-order valence-corrected chi connectivity index (χ0v) is 21.3. The van der Waals surface area contributed by atoms with Crippen molar-refractivity contribution in [1.29, 1.82) is 0 Å². The number of amides is 3. The number of nitrogens with zero attached hydrogens (tertiary/aromatic N) is 1. The van der Waals surface area contributed by atoms with Crippen LogP contribution < -0.4 is 10.6 Å². The van der Waals surface area contributed by atoms with Crippen LogP contribution in [0.15, 0.2) is 36.4 Å². The first-order valence-electron chi connectivity index (χ1n) is 13.2. The van der Waals surface area contributed by atoms with Gasteiger partial charge in [-0.05, 0) is 56.4 Å². The Bertz CT molecular complexity index is 1070. The van der Waals surface area contributed by atoms with Gasteiger partial charge < -0.3 is 20.3 Å². The third-order valence-electron chi connectivity index (χ3n) is 8.34. The Hall–Kier alpha value is -2.74. The van der Waals surface area contributed by atoms with Crippen LogP contribution in [0.1, 0.15) is 59.3 Å². The lowest BCUT2D eigenvalue weighted by Crippen LogP contribution is -2.56. The molecule has 194 valence electrons. The molecular formula is C28H36FN3O4. The highest BCUT2D eigenvalue weighted by atomic mass is 19.1. The number of likely N-dealkylation sites (tertiary alicyclic amines) is 1. The lowest BCUT2D eigenvalue weighted by molar-refractivity contribution is -0.144. The monoisotopic (exact) mass is 497 g/mol. The number of carbonyl (C=O) groups is 3. The molecule has 3 heterocycles. The van der Waals surface area contributed by atoms with E-state index in [4.69, 9.17) is 4.74 Å². The highest BCUT2D eigenvalue weighted by molar-refractivity contribution is 6.03. The van der Waals surface area contributed by atoms with Crippen LogP contribution in [-0.2, 0) is 19.1 Å². The molecule has 7 nitrogen and oxygen atoms in total. The van der Waals surface area contributed by atoms with Crippen LogP contribution in [0.2, 0.25) is 0 Å². The molecule has 2 N–H and O–H groups in total. The molecule has 1 spiro atoms. The van der Waals surface area contributed by atoms with E-state index in [1.165, 1.54) is 30.7 Å². The van der Waals surface area contributed by atoms with Crippen LogP contribution in [0.3, 0.4) is 0 Å². The molecule has 2 saturated heterocycles. The minimum Gasteiger partial charge on any atom is -0.356 e. The second-order valence-corrected chi connectivity index (χ2v) is 11.4. The van der Waals surface area contributed by atoms with E-state index in [0.717, 1.165) is 32.1 Å².